The number of rotatable bonds is 20. The number of hydrogen-bond acceptors (Lipinski definition) is 5. The summed E-state index contributed by atoms with van der Waals surface area (Å²) in [6.45, 7) is 30.2. The highest BCUT2D eigenvalue weighted by Gasteiger charge is 2.35. The first-order valence-electron chi connectivity index (χ1n) is 25.6. The van der Waals surface area contributed by atoms with Gasteiger partial charge in [0.25, 0.3) is 5.56 Å². The number of aromatic nitrogens is 1. The van der Waals surface area contributed by atoms with Crippen molar-refractivity contribution in [3.05, 3.63) is 153 Å². The SMILES string of the molecule is CC.CC(C)(C)CC(C)(C)c1ccc(Oc2cc(Nc3ccccc3)c3c4c(c(C(=O)c5ccccc5)c(=O)[nH]c24)-c2ccccc2C3=O)cc1.CCCC[N+](CCCC)(CCCC)CCCC. The third-order valence-corrected chi connectivity index (χ3v) is 13.0. The molecule has 0 amide bonds. The number of carbonyl (C=O) groups is 2. The van der Waals surface area contributed by atoms with Crippen molar-refractivity contribution in [2.75, 3.05) is 31.5 Å². The van der Waals surface area contributed by atoms with E-state index >= 15 is 0 Å². The highest BCUT2D eigenvalue weighted by atomic mass is 16.5. The number of fused-ring (bicyclic) bond motifs is 2. The molecule has 0 bridgehead atoms. The Bertz CT molecular complexity index is 2580. The molecule has 1 aliphatic rings. The van der Waals surface area contributed by atoms with Crippen LogP contribution in [0.2, 0.25) is 0 Å². The molecule has 68 heavy (non-hydrogen) atoms. The molecule has 7 heteroatoms. The van der Waals surface area contributed by atoms with E-state index in [1.54, 1.807) is 48.5 Å². The summed E-state index contributed by atoms with van der Waals surface area (Å²) in [6.07, 6.45) is 12.1. The largest absolute Gasteiger partial charge is 0.455 e. The minimum absolute atomic E-state index is 0.0202. The molecule has 0 unspecified atom stereocenters. The molecule has 7 rings (SSSR count). The number of H-pyrrole nitrogens is 1. The predicted octanol–water partition coefficient (Wildman–Crippen LogP) is 16.2. The van der Waals surface area contributed by atoms with Crippen molar-refractivity contribution in [2.24, 2.45) is 5.41 Å². The van der Waals surface area contributed by atoms with Gasteiger partial charge in [-0.05, 0) is 78.3 Å². The molecule has 7 nitrogen and oxygen atoms in total. The van der Waals surface area contributed by atoms with Gasteiger partial charge in [-0.1, -0.05) is 187 Å². The summed E-state index contributed by atoms with van der Waals surface area (Å²) in [5.74, 6) is 0.286. The van der Waals surface area contributed by atoms with Crippen LogP contribution in [0.4, 0.5) is 11.4 Å². The molecule has 0 saturated heterocycles. The summed E-state index contributed by atoms with van der Waals surface area (Å²) >= 11 is 0. The molecule has 0 spiro atoms. The summed E-state index contributed by atoms with van der Waals surface area (Å²) in [4.78, 5) is 45.5. The number of nitrogens with one attached hydrogen (secondary N) is 2. The Labute approximate surface area is 408 Å². The molecule has 0 radical (unpaired) electrons. The molecule has 6 aromatic rings. The van der Waals surface area contributed by atoms with Gasteiger partial charge in [0.1, 0.15) is 5.75 Å². The van der Waals surface area contributed by atoms with Gasteiger partial charge in [0.15, 0.2) is 17.3 Å². The average Bonchev–Trinajstić information content (AvgIpc) is 3.34. The molecule has 1 aromatic heterocycles. The van der Waals surface area contributed by atoms with Crippen LogP contribution < -0.4 is 15.6 Å². The number of quaternary nitrogens is 1. The third-order valence-electron chi connectivity index (χ3n) is 13.0. The minimum Gasteiger partial charge on any atom is -0.455 e. The minimum atomic E-state index is -0.556. The Morgan fingerprint density at radius 3 is 1.65 bits per heavy atom. The molecule has 0 atom stereocenters. The normalized spacial score (nSPS) is 12.1. The lowest BCUT2D eigenvalue weighted by Crippen LogP contribution is -2.50. The lowest BCUT2D eigenvalue weighted by atomic mass is 9.72. The lowest BCUT2D eigenvalue weighted by molar-refractivity contribution is -0.929. The van der Waals surface area contributed by atoms with Crippen LogP contribution in [0.5, 0.6) is 11.5 Å². The Morgan fingerprint density at radius 1 is 0.632 bits per heavy atom. The van der Waals surface area contributed by atoms with Gasteiger partial charge in [-0.15, -0.1) is 0 Å². The van der Waals surface area contributed by atoms with E-state index in [1.165, 1.54) is 87.6 Å². The van der Waals surface area contributed by atoms with Crippen LogP contribution in [-0.2, 0) is 5.41 Å². The van der Waals surface area contributed by atoms with E-state index in [1.807, 2.05) is 68.4 Å². The number of para-hydroxylation sites is 1. The molecule has 1 heterocycles. The van der Waals surface area contributed by atoms with Gasteiger partial charge in [0.05, 0.1) is 48.5 Å². The highest BCUT2D eigenvalue weighted by Crippen LogP contribution is 2.47. The number of ketones is 2. The molecule has 1 aliphatic carbocycles. The molecule has 2 N–H and O–H groups in total. The van der Waals surface area contributed by atoms with Crippen molar-refractivity contribution in [1.82, 2.24) is 4.98 Å². The summed E-state index contributed by atoms with van der Waals surface area (Å²) in [6, 6.07) is 35.2. The average molecular weight is 919 g/mol. The van der Waals surface area contributed by atoms with E-state index in [4.69, 9.17) is 4.74 Å². The first kappa shape index (κ1) is 53.2. The number of hydrogen-bond donors (Lipinski definition) is 2. The second kappa shape index (κ2) is 24.5. The van der Waals surface area contributed by atoms with Gasteiger partial charge in [-0.3, -0.25) is 14.4 Å². The van der Waals surface area contributed by atoms with Crippen LogP contribution in [0.1, 0.15) is 171 Å². The number of nitrogens with zero attached hydrogens (tertiary/aromatic N) is 1. The van der Waals surface area contributed by atoms with Crippen LogP contribution >= 0.6 is 0 Å². The maximum atomic E-state index is 14.4. The standard InChI is InChI=1S/C43H38N2O4.C16H36N.C2H6/c1-42(2,3)25-43(4,5)27-20-22-29(23-21-27)49-33-24-32(44-28-16-10-7-11-17-28)35-36-34(30-18-12-13-19-31(30)40(35)47)37(41(48)45-38(33)36)39(46)26-14-8-6-9-15-26;1-5-9-13-17(14-10-6-2,15-11-7-3)16-12-8-4;1-2/h6-24,44H,25H2,1-5H3,(H,45,48);5-16H2,1-4H3;1-2H3/q;+1;. The van der Waals surface area contributed by atoms with Crippen LogP contribution in [0.25, 0.3) is 22.0 Å². The van der Waals surface area contributed by atoms with Crippen molar-refractivity contribution in [3.63, 3.8) is 0 Å². The van der Waals surface area contributed by atoms with E-state index in [-0.39, 0.29) is 22.2 Å². The van der Waals surface area contributed by atoms with Crippen molar-refractivity contribution < 1.29 is 18.8 Å². The van der Waals surface area contributed by atoms with Gasteiger partial charge in [-0.2, -0.15) is 0 Å². The van der Waals surface area contributed by atoms with Gasteiger partial charge < -0.3 is 19.5 Å². The fourth-order valence-corrected chi connectivity index (χ4v) is 9.97. The van der Waals surface area contributed by atoms with Crippen molar-refractivity contribution >= 4 is 33.8 Å². The van der Waals surface area contributed by atoms with E-state index < -0.39 is 11.3 Å². The Hall–Kier alpha value is -5.79. The second-order valence-electron chi connectivity index (χ2n) is 20.2. The smallest absolute Gasteiger partial charge is 0.260 e. The number of pyridine rings is 1. The van der Waals surface area contributed by atoms with Crippen LogP contribution in [0.15, 0.2) is 120 Å². The van der Waals surface area contributed by atoms with E-state index in [0.29, 0.717) is 55.9 Å². The van der Waals surface area contributed by atoms with E-state index in [0.717, 1.165) is 12.1 Å². The first-order chi connectivity index (χ1) is 32.7. The Balaban J connectivity index is 0.000000387. The zero-order valence-electron chi connectivity index (χ0n) is 43.2. The number of ether oxygens (including phenoxy) is 1. The summed E-state index contributed by atoms with van der Waals surface area (Å²) in [5.41, 5.74) is 4.45. The molecule has 5 aromatic carbocycles. The Kier molecular flexibility index (Phi) is 19.1. The molecule has 0 aliphatic heterocycles. The fourth-order valence-electron chi connectivity index (χ4n) is 9.97. The zero-order valence-corrected chi connectivity index (χ0v) is 43.2. The number of benzene rings is 5. The predicted molar refractivity (Wildman–Crippen MR) is 287 cm³/mol. The van der Waals surface area contributed by atoms with Crippen molar-refractivity contribution in [2.45, 2.75) is 139 Å². The van der Waals surface area contributed by atoms with Gasteiger partial charge in [0, 0.05) is 33.8 Å². The summed E-state index contributed by atoms with van der Waals surface area (Å²) < 4.78 is 7.99. The monoisotopic (exact) mass is 919 g/mol. The molecule has 362 valence electrons. The maximum absolute atomic E-state index is 14.4. The van der Waals surface area contributed by atoms with Crippen LogP contribution in [0, 0.1) is 5.41 Å². The van der Waals surface area contributed by atoms with Crippen LogP contribution in [-0.4, -0.2) is 47.2 Å². The molecular weight excluding hydrogens is 839 g/mol. The zero-order chi connectivity index (χ0) is 49.5. The van der Waals surface area contributed by atoms with Crippen molar-refractivity contribution in [1.29, 1.82) is 0 Å². The van der Waals surface area contributed by atoms with Gasteiger partial charge >= 0.3 is 0 Å². The second-order valence-corrected chi connectivity index (χ2v) is 20.2. The molecule has 0 saturated carbocycles. The maximum Gasteiger partial charge on any atom is 0.260 e. The molecule has 0 fully saturated rings. The van der Waals surface area contributed by atoms with Gasteiger partial charge in [-0.25, -0.2) is 0 Å². The topological polar surface area (TPSA) is 88.3 Å². The highest BCUT2D eigenvalue weighted by molar-refractivity contribution is 6.31. The number of unbranched alkanes of at least 4 members (excludes halogenated alkanes) is 4. The Morgan fingerprint density at radius 2 is 1.13 bits per heavy atom. The fraction of sp³-hybridized carbons (Fsp3) is 0.426. The quantitative estimate of drug-likeness (QED) is 0.0587. The third kappa shape index (κ3) is 13.0. The first-order valence-corrected chi connectivity index (χ1v) is 25.6. The summed E-state index contributed by atoms with van der Waals surface area (Å²) in [7, 11) is 0. The lowest BCUT2D eigenvalue weighted by Gasteiger charge is -2.39. The number of anilines is 2. The van der Waals surface area contributed by atoms with E-state index in [2.05, 4.69) is 84.7 Å². The number of carbonyl (C=O) groups excluding carboxylic acids is 2. The number of aromatic amines is 1. The van der Waals surface area contributed by atoms with Crippen molar-refractivity contribution in [3.8, 4) is 22.6 Å². The van der Waals surface area contributed by atoms with Crippen LogP contribution in [0.3, 0.4) is 0 Å². The molecular formula is C61H80N3O4+. The van der Waals surface area contributed by atoms with E-state index in [9.17, 15) is 14.4 Å². The van der Waals surface area contributed by atoms with Gasteiger partial charge in [0.2, 0.25) is 0 Å². The summed E-state index contributed by atoms with van der Waals surface area (Å²) in [5, 5.41) is 3.89.